The van der Waals surface area contributed by atoms with Crippen LogP contribution in [0.5, 0.6) is 0 Å². The molecule has 1 aromatic rings. The first-order valence-corrected chi connectivity index (χ1v) is 8.21. The number of hydrogen-bond acceptors (Lipinski definition) is 3. The summed E-state index contributed by atoms with van der Waals surface area (Å²) in [4.78, 5) is 12.1. The van der Waals surface area contributed by atoms with Gasteiger partial charge < -0.3 is 5.32 Å². The average molecular weight is 298 g/mol. The Labute approximate surface area is 120 Å². The van der Waals surface area contributed by atoms with Gasteiger partial charge in [-0.1, -0.05) is 39.0 Å². The molecule has 0 aliphatic heterocycles. The summed E-state index contributed by atoms with van der Waals surface area (Å²) in [5, 5.41) is 7.63. The highest BCUT2D eigenvalue weighted by Crippen LogP contribution is 2.25. The Morgan fingerprint density at radius 3 is 2.40 bits per heavy atom. The van der Waals surface area contributed by atoms with Gasteiger partial charge in [-0.05, 0) is 23.5 Å². The lowest BCUT2D eigenvalue weighted by molar-refractivity contribution is 0.0951. The number of benzene rings is 1. The molecule has 0 spiro atoms. The van der Waals surface area contributed by atoms with Crippen LogP contribution in [0.15, 0.2) is 24.3 Å². The van der Waals surface area contributed by atoms with Crippen LogP contribution in [0, 0.1) is 0 Å². The van der Waals surface area contributed by atoms with E-state index in [1.165, 1.54) is 0 Å². The first kappa shape index (κ1) is 16.7. The van der Waals surface area contributed by atoms with Crippen LogP contribution in [-0.2, 0) is 15.4 Å². The van der Waals surface area contributed by atoms with Gasteiger partial charge in [-0.25, -0.2) is 13.6 Å². The molecule has 0 atom stereocenters. The number of carbonyl (C=O) groups is 1. The van der Waals surface area contributed by atoms with E-state index in [0.717, 1.165) is 5.56 Å². The first-order chi connectivity index (χ1) is 9.11. The highest BCUT2D eigenvalue weighted by molar-refractivity contribution is 7.89. The van der Waals surface area contributed by atoms with E-state index < -0.39 is 10.0 Å². The maximum atomic E-state index is 12.1. The van der Waals surface area contributed by atoms with Crippen molar-refractivity contribution in [3.8, 4) is 0 Å². The fraction of sp³-hybridized carbons (Fsp3) is 0.500. The third kappa shape index (κ3) is 5.30. The van der Waals surface area contributed by atoms with Crippen molar-refractivity contribution in [2.24, 2.45) is 5.14 Å². The Kier molecular flexibility index (Phi) is 5.30. The molecular weight excluding hydrogens is 276 g/mol. The molecule has 1 rings (SSSR count). The average Bonchev–Trinajstić information content (AvgIpc) is 2.32. The molecule has 112 valence electrons. The predicted molar refractivity (Wildman–Crippen MR) is 80.1 cm³/mol. The van der Waals surface area contributed by atoms with E-state index in [1.54, 1.807) is 6.07 Å². The number of carbonyl (C=O) groups excluding carboxylic acids is 1. The minimum absolute atomic E-state index is 0.130. The number of sulfonamides is 1. The van der Waals surface area contributed by atoms with Crippen molar-refractivity contribution in [2.45, 2.75) is 32.6 Å². The van der Waals surface area contributed by atoms with Crippen LogP contribution in [0.2, 0.25) is 0 Å². The molecule has 0 unspecified atom stereocenters. The summed E-state index contributed by atoms with van der Waals surface area (Å²) in [5.74, 6) is -0.321. The number of primary sulfonamides is 1. The third-order valence-corrected chi connectivity index (χ3v) is 3.73. The Morgan fingerprint density at radius 1 is 1.25 bits per heavy atom. The number of rotatable bonds is 5. The molecule has 0 bridgehead atoms. The van der Waals surface area contributed by atoms with Gasteiger partial charge in [0.1, 0.15) is 0 Å². The lowest BCUT2D eigenvalue weighted by Crippen LogP contribution is -2.29. The fourth-order valence-electron chi connectivity index (χ4n) is 1.91. The van der Waals surface area contributed by atoms with E-state index in [-0.39, 0.29) is 23.6 Å². The summed E-state index contributed by atoms with van der Waals surface area (Å²) in [7, 11) is -3.47. The standard InChI is InChI=1S/C14H22N2O3S/c1-14(2,3)12-8-5-4-7-11(12)13(17)16-9-6-10-20(15,18)19/h4-5,7-8H,6,9-10H2,1-3H3,(H,16,17)(H2,15,18,19). The number of nitrogens with one attached hydrogen (secondary N) is 1. The summed E-state index contributed by atoms with van der Waals surface area (Å²) in [6.07, 6.45) is 0.308. The molecule has 0 radical (unpaired) electrons. The minimum Gasteiger partial charge on any atom is -0.352 e. The molecule has 6 heteroatoms. The molecular formula is C14H22N2O3S. The Hall–Kier alpha value is -1.40. The molecule has 3 N–H and O–H groups in total. The molecule has 5 nitrogen and oxygen atoms in total. The zero-order chi connectivity index (χ0) is 15.4. The van der Waals surface area contributed by atoms with Crippen LogP contribution in [0.3, 0.4) is 0 Å². The lowest BCUT2D eigenvalue weighted by Gasteiger charge is -2.22. The molecule has 0 aliphatic carbocycles. The molecule has 0 saturated carbocycles. The van der Waals surface area contributed by atoms with Crippen molar-refractivity contribution in [2.75, 3.05) is 12.3 Å². The number of nitrogens with two attached hydrogens (primary N) is 1. The van der Waals surface area contributed by atoms with Gasteiger partial charge in [-0.2, -0.15) is 0 Å². The fourth-order valence-corrected chi connectivity index (χ4v) is 2.45. The van der Waals surface area contributed by atoms with Crippen LogP contribution in [0.25, 0.3) is 0 Å². The van der Waals surface area contributed by atoms with Crippen molar-refractivity contribution in [3.63, 3.8) is 0 Å². The normalized spacial score (nSPS) is 12.2. The molecule has 0 aromatic heterocycles. The van der Waals surface area contributed by atoms with Gasteiger partial charge in [0.25, 0.3) is 5.91 Å². The van der Waals surface area contributed by atoms with E-state index in [1.807, 2.05) is 39.0 Å². The topological polar surface area (TPSA) is 89.3 Å². The van der Waals surface area contributed by atoms with Gasteiger partial charge in [-0.15, -0.1) is 0 Å². The molecule has 0 heterocycles. The maximum absolute atomic E-state index is 12.1. The van der Waals surface area contributed by atoms with E-state index in [0.29, 0.717) is 12.0 Å². The van der Waals surface area contributed by atoms with Gasteiger partial charge in [-0.3, -0.25) is 4.79 Å². The smallest absolute Gasteiger partial charge is 0.251 e. The van der Waals surface area contributed by atoms with Crippen LogP contribution in [-0.4, -0.2) is 26.6 Å². The van der Waals surface area contributed by atoms with E-state index in [4.69, 9.17) is 5.14 Å². The molecule has 0 fully saturated rings. The summed E-state index contributed by atoms with van der Waals surface area (Å²) >= 11 is 0. The SMILES string of the molecule is CC(C)(C)c1ccccc1C(=O)NCCCS(N)(=O)=O. The van der Waals surface area contributed by atoms with Crippen molar-refractivity contribution in [1.82, 2.24) is 5.32 Å². The maximum Gasteiger partial charge on any atom is 0.251 e. The zero-order valence-corrected chi connectivity index (χ0v) is 13.0. The van der Waals surface area contributed by atoms with Crippen LogP contribution >= 0.6 is 0 Å². The van der Waals surface area contributed by atoms with Gasteiger partial charge >= 0.3 is 0 Å². The van der Waals surface area contributed by atoms with Gasteiger partial charge in [0, 0.05) is 12.1 Å². The predicted octanol–water partition coefficient (Wildman–Crippen LogP) is 1.39. The Bertz CT molecular complexity index is 574. The van der Waals surface area contributed by atoms with Crippen LogP contribution in [0.1, 0.15) is 43.1 Å². The van der Waals surface area contributed by atoms with E-state index in [2.05, 4.69) is 5.32 Å². The van der Waals surface area contributed by atoms with Crippen molar-refractivity contribution in [1.29, 1.82) is 0 Å². The second-order valence-corrected chi connectivity index (χ2v) is 7.51. The number of hydrogen-bond donors (Lipinski definition) is 2. The second-order valence-electron chi connectivity index (χ2n) is 5.77. The van der Waals surface area contributed by atoms with Crippen molar-refractivity contribution >= 4 is 15.9 Å². The molecule has 0 saturated heterocycles. The van der Waals surface area contributed by atoms with Crippen molar-refractivity contribution in [3.05, 3.63) is 35.4 Å². The van der Waals surface area contributed by atoms with Gasteiger partial charge in [0.15, 0.2) is 0 Å². The summed E-state index contributed by atoms with van der Waals surface area (Å²) in [5.41, 5.74) is 1.45. The monoisotopic (exact) mass is 298 g/mol. The highest BCUT2D eigenvalue weighted by atomic mass is 32.2. The van der Waals surface area contributed by atoms with E-state index in [9.17, 15) is 13.2 Å². The number of amides is 1. The van der Waals surface area contributed by atoms with E-state index >= 15 is 0 Å². The lowest BCUT2D eigenvalue weighted by atomic mass is 9.83. The molecule has 0 aliphatic rings. The second kappa shape index (κ2) is 6.37. The zero-order valence-electron chi connectivity index (χ0n) is 12.1. The molecule has 1 amide bonds. The third-order valence-electron chi connectivity index (χ3n) is 2.87. The van der Waals surface area contributed by atoms with Gasteiger partial charge in [0.05, 0.1) is 5.75 Å². The molecule has 1 aromatic carbocycles. The van der Waals surface area contributed by atoms with Gasteiger partial charge in [0.2, 0.25) is 10.0 Å². The molecule has 20 heavy (non-hydrogen) atoms. The van der Waals surface area contributed by atoms with Crippen LogP contribution < -0.4 is 10.5 Å². The summed E-state index contributed by atoms with van der Waals surface area (Å²) in [6.45, 7) is 6.41. The quantitative estimate of drug-likeness (QED) is 0.805. The Balaban J connectivity index is 2.69. The first-order valence-electron chi connectivity index (χ1n) is 6.49. The summed E-state index contributed by atoms with van der Waals surface area (Å²) < 4.78 is 21.6. The summed E-state index contributed by atoms with van der Waals surface area (Å²) in [6, 6.07) is 7.42. The highest BCUT2D eigenvalue weighted by Gasteiger charge is 2.20. The Morgan fingerprint density at radius 2 is 1.85 bits per heavy atom. The van der Waals surface area contributed by atoms with Crippen molar-refractivity contribution < 1.29 is 13.2 Å². The minimum atomic E-state index is -3.47. The van der Waals surface area contributed by atoms with Crippen LogP contribution in [0.4, 0.5) is 0 Å². The largest absolute Gasteiger partial charge is 0.352 e.